The van der Waals surface area contributed by atoms with E-state index in [1.54, 1.807) is 7.05 Å². The van der Waals surface area contributed by atoms with Crippen molar-refractivity contribution in [3.63, 3.8) is 0 Å². The third-order valence-electron chi connectivity index (χ3n) is 2.16. The molecule has 1 N–H and O–H groups in total. The molecule has 3 nitrogen and oxygen atoms in total. The highest BCUT2D eigenvalue weighted by Crippen LogP contribution is 2.17. The third-order valence-corrected chi connectivity index (χ3v) is 2.16. The van der Waals surface area contributed by atoms with Crippen LogP contribution in [0.2, 0.25) is 0 Å². The molecule has 3 heteroatoms. The first-order valence-electron chi connectivity index (χ1n) is 4.13. The summed E-state index contributed by atoms with van der Waals surface area (Å²) in [7, 11) is 1.57. The molecule has 1 aromatic carbocycles. The van der Waals surface area contributed by atoms with Crippen LogP contribution in [0.5, 0.6) is 0 Å². The van der Waals surface area contributed by atoms with E-state index in [4.69, 9.17) is 5.11 Å². The van der Waals surface area contributed by atoms with Gasteiger partial charge < -0.3 is 10.0 Å². The fraction of sp³-hybridized carbons (Fsp3) is 0.300. The summed E-state index contributed by atoms with van der Waals surface area (Å²) in [5.41, 5.74) is 1.01. The molecule has 0 bridgehead atoms. The summed E-state index contributed by atoms with van der Waals surface area (Å²) < 4.78 is 0. The number of carbonyl (C=O) groups is 1. The van der Waals surface area contributed by atoms with Crippen LogP contribution in [0.1, 0.15) is 18.5 Å². The van der Waals surface area contributed by atoms with Gasteiger partial charge in [-0.2, -0.15) is 0 Å². The lowest BCUT2D eigenvalue weighted by Crippen LogP contribution is -2.27. The number of benzene rings is 1. The van der Waals surface area contributed by atoms with E-state index in [2.05, 4.69) is 0 Å². The zero-order chi connectivity index (χ0) is 9.84. The van der Waals surface area contributed by atoms with Gasteiger partial charge in [-0.15, -0.1) is 0 Å². The largest absolute Gasteiger partial charge is 0.465 e. The molecule has 13 heavy (non-hydrogen) atoms. The molecule has 1 atom stereocenters. The Kier molecular flexibility index (Phi) is 2.90. The summed E-state index contributed by atoms with van der Waals surface area (Å²) in [6, 6.07) is 9.47. The van der Waals surface area contributed by atoms with Crippen molar-refractivity contribution >= 4 is 6.09 Å². The first kappa shape index (κ1) is 9.58. The highest BCUT2D eigenvalue weighted by molar-refractivity contribution is 5.65. The highest BCUT2D eigenvalue weighted by Gasteiger charge is 2.14. The van der Waals surface area contributed by atoms with Crippen LogP contribution in [0, 0.1) is 0 Å². The SMILES string of the molecule is C[C@@H](c1ccccc1)N(C)C(=O)O. The lowest BCUT2D eigenvalue weighted by molar-refractivity contribution is 0.142. The third kappa shape index (κ3) is 2.21. The minimum Gasteiger partial charge on any atom is -0.465 e. The molecular weight excluding hydrogens is 166 g/mol. The highest BCUT2D eigenvalue weighted by atomic mass is 16.4. The number of amides is 1. The molecule has 0 heterocycles. The topological polar surface area (TPSA) is 40.5 Å². The zero-order valence-electron chi connectivity index (χ0n) is 7.77. The maximum atomic E-state index is 10.6. The van der Waals surface area contributed by atoms with Gasteiger partial charge in [0.25, 0.3) is 0 Å². The van der Waals surface area contributed by atoms with Crippen LogP contribution in [-0.4, -0.2) is 23.1 Å². The van der Waals surface area contributed by atoms with E-state index in [1.165, 1.54) is 4.90 Å². The van der Waals surface area contributed by atoms with Crippen molar-refractivity contribution in [2.75, 3.05) is 7.05 Å². The van der Waals surface area contributed by atoms with Crippen LogP contribution < -0.4 is 0 Å². The summed E-state index contributed by atoms with van der Waals surface area (Å²) in [6.45, 7) is 1.86. The van der Waals surface area contributed by atoms with Gasteiger partial charge in [-0.05, 0) is 12.5 Å². The van der Waals surface area contributed by atoms with E-state index in [0.717, 1.165) is 5.56 Å². The van der Waals surface area contributed by atoms with Crippen LogP contribution in [-0.2, 0) is 0 Å². The molecule has 0 aliphatic heterocycles. The molecule has 70 valence electrons. The predicted molar refractivity (Wildman–Crippen MR) is 50.6 cm³/mol. The Balaban J connectivity index is 2.79. The van der Waals surface area contributed by atoms with Crippen molar-refractivity contribution in [2.24, 2.45) is 0 Å². The van der Waals surface area contributed by atoms with Crippen LogP contribution in [0.25, 0.3) is 0 Å². The second kappa shape index (κ2) is 3.94. The van der Waals surface area contributed by atoms with Crippen LogP contribution in [0.4, 0.5) is 4.79 Å². The molecule has 1 amide bonds. The smallest absolute Gasteiger partial charge is 0.407 e. The monoisotopic (exact) mass is 179 g/mol. The van der Waals surface area contributed by atoms with E-state index in [0.29, 0.717) is 0 Å². The molecule has 0 fully saturated rings. The van der Waals surface area contributed by atoms with Crippen LogP contribution in [0.3, 0.4) is 0 Å². The minimum absolute atomic E-state index is 0.0984. The fourth-order valence-electron chi connectivity index (χ4n) is 1.12. The van der Waals surface area contributed by atoms with Crippen molar-refractivity contribution in [3.8, 4) is 0 Å². The van der Waals surface area contributed by atoms with Crippen molar-refractivity contribution < 1.29 is 9.90 Å². The van der Waals surface area contributed by atoms with Crippen molar-refractivity contribution in [3.05, 3.63) is 35.9 Å². The fourth-order valence-corrected chi connectivity index (χ4v) is 1.12. The van der Waals surface area contributed by atoms with Gasteiger partial charge >= 0.3 is 6.09 Å². The Labute approximate surface area is 77.6 Å². The Morgan fingerprint density at radius 3 is 2.38 bits per heavy atom. The number of carboxylic acid groups (broad SMARTS) is 1. The first-order valence-corrected chi connectivity index (χ1v) is 4.13. The van der Waals surface area contributed by atoms with Crippen molar-refractivity contribution in [1.29, 1.82) is 0 Å². The lowest BCUT2D eigenvalue weighted by atomic mass is 10.1. The quantitative estimate of drug-likeness (QED) is 0.757. The summed E-state index contributed by atoms with van der Waals surface area (Å²) in [5.74, 6) is 0. The second-order valence-electron chi connectivity index (χ2n) is 2.98. The molecular formula is C10H13NO2. The van der Waals surface area contributed by atoms with Gasteiger partial charge in [-0.3, -0.25) is 0 Å². The lowest BCUT2D eigenvalue weighted by Gasteiger charge is -2.21. The zero-order valence-corrected chi connectivity index (χ0v) is 7.77. The summed E-state index contributed by atoms with van der Waals surface area (Å²) in [6.07, 6.45) is -0.906. The van der Waals surface area contributed by atoms with Gasteiger partial charge in [-0.25, -0.2) is 4.79 Å². The molecule has 0 saturated heterocycles. The summed E-state index contributed by atoms with van der Waals surface area (Å²) >= 11 is 0. The minimum atomic E-state index is -0.906. The molecule has 0 aliphatic carbocycles. The Morgan fingerprint density at radius 2 is 1.92 bits per heavy atom. The van der Waals surface area contributed by atoms with Gasteiger partial charge in [-0.1, -0.05) is 30.3 Å². The maximum absolute atomic E-state index is 10.6. The number of rotatable bonds is 2. The second-order valence-corrected chi connectivity index (χ2v) is 2.98. The van der Waals surface area contributed by atoms with Crippen LogP contribution in [0.15, 0.2) is 30.3 Å². The van der Waals surface area contributed by atoms with Gasteiger partial charge in [0.05, 0.1) is 6.04 Å². The molecule has 1 rings (SSSR count). The van der Waals surface area contributed by atoms with Gasteiger partial charge in [0.1, 0.15) is 0 Å². The van der Waals surface area contributed by atoms with Crippen molar-refractivity contribution in [1.82, 2.24) is 4.90 Å². The van der Waals surface area contributed by atoms with Crippen molar-refractivity contribution in [2.45, 2.75) is 13.0 Å². The molecule has 0 unspecified atom stereocenters. The molecule has 0 aromatic heterocycles. The standard InChI is InChI=1S/C10H13NO2/c1-8(11(2)10(12)13)9-6-4-3-5-7-9/h3-8H,1-2H3,(H,12,13)/t8-/m0/s1. The molecule has 0 spiro atoms. The summed E-state index contributed by atoms with van der Waals surface area (Å²) in [5, 5.41) is 8.74. The average Bonchev–Trinajstić information content (AvgIpc) is 2.17. The molecule has 0 saturated carbocycles. The van der Waals surface area contributed by atoms with E-state index < -0.39 is 6.09 Å². The van der Waals surface area contributed by atoms with E-state index in [-0.39, 0.29) is 6.04 Å². The Hall–Kier alpha value is -1.51. The Morgan fingerprint density at radius 1 is 1.38 bits per heavy atom. The van der Waals surface area contributed by atoms with Gasteiger partial charge in [0.2, 0.25) is 0 Å². The Bertz CT molecular complexity index is 284. The molecule has 0 aliphatic rings. The maximum Gasteiger partial charge on any atom is 0.407 e. The van der Waals surface area contributed by atoms with Crippen LogP contribution >= 0.6 is 0 Å². The normalized spacial score (nSPS) is 12.2. The average molecular weight is 179 g/mol. The van der Waals surface area contributed by atoms with E-state index in [9.17, 15) is 4.79 Å². The number of nitrogens with zero attached hydrogens (tertiary/aromatic N) is 1. The first-order chi connectivity index (χ1) is 6.13. The summed E-state index contributed by atoms with van der Waals surface area (Å²) in [4.78, 5) is 11.9. The predicted octanol–water partition coefficient (Wildman–Crippen LogP) is 2.36. The molecule has 1 aromatic rings. The van der Waals surface area contributed by atoms with Gasteiger partial charge in [0.15, 0.2) is 0 Å². The van der Waals surface area contributed by atoms with Gasteiger partial charge in [0, 0.05) is 7.05 Å². The number of hydrogen-bond acceptors (Lipinski definition) is 1. The number of hydrogen-bond donors (Lipinski definition) is 1. The van der Waals surface area contributed by atoms with E-state index in [1.807, 2.05) is 37.3 Å². The van der Waals surface area contributed by atoms with E-state index >= 15 is 0 Å². The molecule has 0 radical (unpaired) electrons.